The van der Waals surface area contributed by atoms with Gasteiger partial charge in [-0.1, -0.05) is 18.2 Å². The number of fused-ring (bicyclic) bond motifs is 1. The van der Waals surface area contributed by atoms with Crippen LogP contribution in [-0.2, 0) is 4.79 Å². The van der Waals surface area contributed by atoms with Crippen LogP contribution in [0.2, 0.25) is 0 Å². The van der Waals surface area contributed by atoms with Crippen molar-refractivity contribution >= 4 is 12.0 Å². The number of carbonyl (C=O) groups is 1. The normalized spacial score (nSPS) is 23.4. The molecule has 0 bridgehead atoms. The Morgan fingerprint density at radius 3 is 2.60 bits per heavy atom. The Kier molecular flexibility index (Phi) is 5.97. The number of amides is 1. The van der Waals surface area contributed by atoms with Crippen molar-refractivity contribution in [3.05, 3.63) is 29.8 Å². The third-order valence-electron chi connectivity index (χ3n) is 5.27. The number of hydrogen-bond acceptors (Lipinski definition) is 4. The SMILES string of the molecule is C/C=C/c1ccc(OCC(=O)N2CC[C@@H]3CNC[C@@H]3CC2)c(OC)c1. The van der Waals surface area contributed by atoms with Crippen LogP contribution in [0.25, 0.3) is 6.08 Å². The van der Waals surface area contributed by atoms with Gasteiger partial charge in [0.25, 0.3) is 5.91 Å². The number of nitrogens with one attached hydrogen (secondary N) is 1. The summed E-state index contributed by atoms with van der Waals surface area (Å²) in [6.07, 6.45) is 6.15. The maximum atomic E-state index is 12.5. The molecule has 5 nitrogen and oxygen atoms in total. The number of hydrogen-bond donors (Lipinski definition) is 1. The minimum atomic E-state index is 0.0624. The predicted octanol–water partition coefficient (Wildman–Crippen LogP) is 2.57. The molecule has 0 aromatic heterocycles. The van der Waals surface area contributed by atoms with Gasteiger partial charge in [-0.2, -0.15) is 0 Å². The summed E-state index contributed by atoms with van der Waals surface area (Å²) >= 11 is 0. The highest BCUT2D eigenvalue weighted by Crippen LogP contribution is 2.29. The second kappa shape index (κ2) is 8.39. The molecule has 2 saturated heterocycles. The van der Waals surface area contributed by atoms with Crippen LogP contribution in [0.1, 0.15) is 25.3 Å². The van der Waals surface area contributed by atoms with Gasteiger partial charge >= 0.3 is 0 Å². The average molecular weight is 344 g/mol. The summed E-state index contributed by atoms with van der Waals surface area (Å²) < 4.78 is 11.1. The van der Waals surface area contributed by atoms with Crippen LogP contribution in [0.15, 0.2) is 24.3 Å². The van der Waals surface area contributed by atoms with E-state index in [1.54, 1.807) is 7.11 Å². The molecule has 0 unspecified atom stereocenters. The van der Waals surface area contributed by atoms with E-state index in [1.807, 2.05) is 42.2 Å². The Morgan fingerprint density at radius 2 is 1.96 bits per heavy atom. The van der Waals surface area contributed by atoms with Gasteiger partial charge in [0.1, 0.15) is 0 Å². The zero-order valence-corrected chi connectivity index (χ0v) is 15.2. The van der Waals surface area contributed by atoms with E-state index in [-0.39, 0.29) is 12.5 Å². The Morgan fingerprint density at radius 1 is 1.24 bits per heavy atom. The fourth-order valence-corrected chi connectivity index (χ4v) is 3.80. The summed E-state index contributed by atoms with van der Waals surface area (Å²) in [4.78, 5) is 14.5. The van der Waals surface area contributed by atoms with E-state index in [0.29, 0.717) is 11.5 Å². The smallest absolute Gasteiger partial charge is 0.260 e. The van der Waals surface area contributed by atoms with Crippen molar-refractivity contribution in [3.8, 4) is 11.5 Å². The monoisotopic (exact) mass is 344 g/mol. The number of carbonyl (C=O) groups excluding carboxylic acids is 1. The van der Waals surface area contributed by atoms with Gasteiger partial charge < -0.3 is 19.7 Å². The standard InChI is InChI=1S/C20H28N2O3/c1-3-4-15-5-6-18(19(11-15)24-2)25-14-20(23)22-9-7-16-12-21-13-17(16)8-10-22/h3-6,11,16-17,21H,7-10,12-14H2,1-2H3/b4-3+/t16-,17+. The lowest BCUT2D eigenvalue weighted by molar-refractivity contribution is -0.133. The molecule has 0 saturated carbocycles. The number of allylic oxidation sites excluding steroid dienone is 1. The van der Waals surface area contributed by atoms with Crippen molar-refractivity contribution in [1.29, 1.82) is 0 Å². The molecule has 1 aromatic rings. The van der Waals surface area contributed by atoms with E-state index in [1.165, 1.54) is 0 Å². The summed E-state index contributed by atoms with van der Waals surface area (Å²) in [5.74, 6) is 2.77. The molecular formula is C20H28N2O3. The van der Waals surface area contributed by atoms with Crippen LogP contribution < -0.4 is 14.8 Å². The van der Waals surface area contributed by atoms with Crippen molar-refractivity contribution in [2.24, 2.45) is 11.8 Å². The van der Waals surface area contributed by atoms with Gasteiger partial charge in [-0.05, 0) is 62.4 Å². The molecule has 2 fully saturated rings. The zero-order chi connectivity index (χ0) is 17.6. The first-order valence-electron chi connectivity index (χ1n) is 9.13. The van der Waals surface area contributed by atoms with E-state index >= 15 is 0 Å². The predicted molar refractivity (Wildman–Crippen MR) is 98.9 cm³/mol. The lowest BCUT2D eigenvalue weighted by Gasteiger charge is -2.21. The van der Waals surface area contributed by atoms with Gasteiger partial charge in [0.05, 0.1) is 7.11 Å². The van der Waals surface area contributed by atoms with Crippen LogP contribution in [0.5, 0.6) is 11.5 Å². The average Bonchev–Trinajstić information content (AvgIpc) is 2.98. The molecular weight excluding hydrogens is 316 g/mol. The van der Waals surface area contributed by atoms with Gasteiger partial charge in [0, 0.05) is 13.1 Å². The van der Waals surface area contributed by atoms with E-state index in [9.17, 15) is 4.79 Å². The molecule has 1 amide bonds. The molecule has 25 heavy (non-hydrogen) atoms. The molecule has 3 rings (SSSR count). The molecule has 2 atom stereocenters. The van der Waals surface area contributed by atoms with Crippen molar-refractivity contribution in [2.45, 2.75) is 19.8 Å². The van der Waals surface area contributed by atoms with Gasteiger partial charge in [-0.3, -0.25) is 4.79 Å². The maximum Gasteiger partial charge on any atom is 0.260 e. The molecule has 5 heteroatoms. The van der Waals surface area contributed by atoms with Crippen molar-refractivity contribution in [1.82, 2.24) is 10.2 Å². The highest BCUT2D eigenvalue weighted by atomic mass is 16.5. The number of rotatable bonds is 5. The van der Waals surface area contributed by atoms with E-state index in [2.05, 4.69) is 5.32 Å². The van der Waals surface area contributed by atoms with Gasteiger partial charge in [0.15, 0.2) is 18.1 Å². The third-order valence-corrected chi connectivity index (χ3v) is 5.27. The number of nitrogens with zero attached hydrogens (tertiary/aromatic N) is 1. The fourth-order valence-electron chi connectivity index (χ4n) is 3.80. The van der Waals surface area contributed by atoms with Crippen molar-refractivity contribution < 1.29 is 14.3 Å². The molecule has 0 spiro atoms. The first-order valence-corrected chi connectivity index (χ1v) is 9.13. The Hall–Kier alpha value is -2.01. The topological polar surface area (TPSA) is 50.8 Å². The Labute approximate surface area is 150 Å². The number of ether oxygens (including phenoxy) is 2. The van der Waals surface area contributed by atoms with Crippen LogP contribution in [-0.4, -0.2) is 50.7 Å². The second-order valence-electron chi connectivity index (χ2n) is 6.84. The molecule has 1 N–H and O–H groups in total. The van der Waals surface area contributed by atoms with Crippen LogP contribution >= 0.6 is 0 Å². The minimum absolute atomic E-state index is 0.0624. The van der Waals surface area contributed by atoms with E-state index in [4.69, 9.17) is 9.47 Å². The Balaban J connectivity index is 1.56. The zero-order valence-electron chi connectivity index (χ0n) is 15.2. The third kappa shape index (κ3) is 4.34. The van der Waals surface area contributed by atoms with Crippen LogP contribution in [0.3, 0.4) is 0 Å². The molecule has 2 heterocycles. The van der Waals surface area contributed by atoms with E-state index < -0.39 is 0 Å². The lowest BCUT2D eigenvalue weighted by atomic mass is 9.92. The van der Waals surface area contributed by atoms with Crippen molar-refractivity contribution in [3.63, 3.8) is 0 Å². The van der Waals surface area contributed by atoms with Crippen molar-refractivity contribution in [2.75, 3.05) is 39.9 Å². The molecule has 2 aliphatic rings. The summed E-state index contributed by atoms with van der Waals surface area (Å²) in [7, 11) is 1.62. The summed E-state index contributed by atoms with van der Waals surface area (Å²) in [6, 6.07) is 5.74. The van der Waals surface area contributed by atoms with Gasteiger partial charge in [0.2, 0.25) is 0 Å². The largest absolute Gasteiger partial charge is 0.493 e. The lowest BCUT2D eigenvalue weighted by Crippen LogP contribution is -2.36. The molecule has 0 aliphatic carbocycles. The first-order chi connectivity index (χ1) is 12.2. The maximum absolute atomic E-state index is 12.5. The molecule has 0 radical (unpaired) electrons. The Bertz CT molecular complexity index is 615. The van der Waals surface area contributed by atoms with Gasteiger partial charge in [-0.15, -0.1) is 0 Å². The highest BCUT2D eigenvalue weighted by Gasteiger charge is 2.31. The number of benzene rings is 1. The molecule has 1 aromatic carbocycles. The second-order valence-corrected chi connectivity index (χ2v) is 6.84. The number of methoxy groups -OCH3 is 1. The highest BCUT2D eigenvalue weighted by molar-refractivity contribution is 5.78. The van der Waals surface area contributed by atoms with Crippen LogP contribution in [0.4, 0.5) is 0 Å². The summed E-state index contributed by atoms with van der Waals surface area (Å²) in [5.41, 5.74) is 1.05. The quantitative estimate of drug-likeness (QED) is 0.892. The number of likely N-dealkylation sites (tertiary alicyclic amines) is 1. The molecule has 136 valence electrons. The van der Waals surface area contributed by atoms with Gasteiger partial charge in [-0.25, -0.2) is 0 Å². The van der Waals surface area contributed by atoms with E-state index in [0.717, 1.165) is 56.4 Å². The molecule has 2 aliphatic heterocycles. The van der Waals surface area contributed by atoms with Crippen LogP contribution in [0, 0.1) is 11.8 Å². The minimum Gasteiger partial charge on any atom is -0.493 e. The first kappa shape index (κ1) is 17.8. The summed E-state index contributed by atoms with van der Waals surface area (Å²) in [5, 5.41) is 3.46. The summed E-state index contributed by atoms with van der Waals surface area (Å²) in [6.45, 7) is 5.90. The fraction of sp³-hybridized carbons (Fsp3) is 0.550.